The minimum absolute atomic E-state index is 0.348. The van der Waals surface area contributed by atoms with Gasteiger partial charge in [0.25, 0.3) is 0 Å². The maximum absolute atomic E-state index is 5.76. The Morgan fingerprint density at radius 3 is 3.06 bits per heavy atom. The Balaban J connectivity index is 1.98. The molecule has 0 spiro atoms. The minimum Gasteiger partial charge on any atom is -0.377 e. The highest BCUT2D eigenvalue weighted by molar-refractivity contribution is 9.10. The molecule has 1 fully saturated rings. The van der Waals surface area contributed by atoms with E-state index in [-0.39, 0.29) is 0 Å². The molecule has 0 aliphatic carbocycles. The molecule has 0 bridgehead atoms. The van der Waals surface area contributed by atoms with Gasteiger partial charge in [0, 0.05) is 35.4 Å². The molecule has 2 atom stereocenters. The van der Waals surface area contributed by atoms with Crippen molar-refractivity contribution in [3.8, 4) is 0 Å². The number of aromatic nitrogens is 1. The van der Waals surface area contributed by atoms with Gasteiger partial charge in [-0.05, 0) is 47.4 Å². The third-order valence-electron chi connectivity index (χ3n) is 3.10. The van der Waals surface area contributed by atoms with Gasteiger partial charge in [-0.2, -0.15) is 0 Å². The first-order chi connectivity index (χ1) is 8.29. The van der Waals surface area contributed by atoms with Gasteiger partial charge in [-0.3, -0.25) is 4.98 Å². The lowest BCUT2D eigenvalue weighted by atomic mass is 10.0. The van der Waals surface area contributed by atoms with E-state index in [4.69, 9.17) is 4.74 Å². The van der Waals surface area contributed by atoms with Gasteiger partial charge in [-0.1, -0.05) is 6.92 Å². The molecule has 0 aromatic carbocycles. The second kappa shape index (κ2) is 6.47. The molecule has 94 valence electrons. The Kier molecular flexibility index (Phi) is 4.95. The molecule has 2 unspecified atom stereocenters. The fraction of sp³-hybridized carbons (Fsp3) is 0.615. The zero-order chi connectivity index (χ0) is 12.1. The van der Waals surface area contributed by atoms with E-state index in [1.165, 1.54) is 6.42 Å². The van der Waals surface area contributed by atoms with Crippen molar-refractivity contribution >= 4 is 15.9 Å². The van der Waals surface area contributed by atoms with Crippen LogP contribution in [0.1, 0.15) is 25.5 Å². The summed E-state index contributed by atoms with van der Waals surface area (Å²) in [5.74, 6) is 0. The van der Waals surface area contributed by atoms with Gasteiger partial charge >= 0.3 is 0 Å². The third kappa shape index (κ3) is 3.76. The number of likely N-dealkylation sites (N-methyl/N-ethyl adjacent to an activating group) is 1. The molecule has 1 N–H and O–H groups in total. The van der Waals surface area contributed by atoms with Crippen LogP contribution in [0.2, 0.25) is 0 Å². The third-order valence-corrected chi connectivity index (χ3v) is 3.57. The number of halogens is 1. The van der Waals surface area contributed by atoms with Gasteiger partial charge < -0.3 is 10.1 Å². The summed E-state index contributed by atoms with van der Waals surface area (Å²) < 4.78 is 6.79. The summed E-state index contributed by atoms with van der Waals surface area (Å²) in [6.45, 7) is 4.01. The Morgan fingerprint density at radius 1 is 1.59 bits per heavy atom. The first-order valence-corrected chi connectivity index (χ1v) is 7.04. The molecule has 17 heavy (non-hydrogen) atoms. The molecule has 1 saturated heterocycles. The van der Waals surface area contributed by atoms with Gasteiger partial charge in [0.1, 0.15) is 0 Å². The summed E-state index contributed by atoms with van der Waals surface area (Å²) in [4.78, 5) is 4.43. The quantitative estimate of drug-likeness (QED) is 0.907. The van der Waals surface area contributed by atoms with Crippen LogP contribution in [0.25, 0.3) is 0 Å². The highest BCUT2D eigenvalue weighted by Crippen LogP contribution is 2.18. The summed E-state index contributed by atoms with van der Waals surface area (Å²) in [5.41, 5.74) is 1.12. The molecule has 0 saturated carbocycles. The number of nitrogens with zero attached hydrogens (tertiary/aromatic N) is 1. The molecule has 0 radical (unpaired) electrons. The van der Waals surface area contributed by atoms with E-state index in [0.717, 1.165) is 36.2 Å². The number of nitrogens with one attached hydrogen (secondary N) is 1. The van der Waals surface area contributed by atoms with Crippen LogP contribution in [-0.2, 0) is 11.2 Å². The molecule has 1 aromatic rings. The van der Waals surface area contributed by atoms with Gasteiger partial charge in [0.15, 0.2) is 0 Å². The predicted molar refractivity (Wildman–Crippen MR) is 72.1 cm³/mol. The highest BCUT2D eigenvalue weighted by atomic mass is 79.9. The van der Waals surface area contributed by atoms with Gasteiger partial charge in [0.05, 0.1) is 6.10 Å². The second-order valence-corrected chi connectivity index (χ2v) is 5.30. The Labute approximate surface area is 111 Å². The van der Waals surface area contributed by atoms with Gasteiger partial charge in [-0.25, -0.2) is 0 Å². The lowest BCUT2D eigenvalue weighted by Crippen LogP contribution is -2.41. The normalized spacial score (nSPS) is 21.6. The molecular weight excluding hydrogens is 280 g/mol. The number of hydrogen-bond acceptors (Lipinski definition) is 3. The van der Waals surface area contributed by atoms with Crippen molar-refractivity contribution in [3.05, 3.63) is 28.5 Å². The maximum atomic E-state index is 5.76. The zero-order valence-electron chi connectivity index (χ0n) is 10.2. The summed E-state index contributed by atoms with van der Waals surface area (Å²) in [5, 5.41) is 3.51. The molecule has 1 aliphatic heterocycles. The molecular formula is C13H19BrN2O. The van der Waals surface area contributed by atoms with Gasteiger partial charge in [-0.15, -0.1) is 0 Å². The number of rotatable bonds is 5. The summed E-state index contributed by atoms with van der Waals surface area (Å²) in [6.07, 6.45) is 5.48. The summed E-state index contributed by atoms with van der Waals surface area (Å²) >= 11 is 3.41. The smallest absolute Gasteiger partial charge is 0.0732 e. The van der Waals surface area contributed by atoms with E-state index in [1.807, 2.05) is 12.3 Å². The van der Waals surface area contributed by atoms with Crippen LogP contribution in [0.3, 0.4) is 0 Å². The van der Waals surface area contributed by atoms with Crippen molar-refractivity contribution in [1.29, 1.82) is 0 Å². The first kappa shape index (κ1) is 13.0. The van der Waals surface area contributed by atoms with E-state index in [0.29, 0.717) is 12.1 Å². The van der Waals surface area contributed by atoms with Crippen LogP contribution >= 0.6 is 15.9 Å². The second-order valence-electron chi connectivity index (χ2n) is 4.39. The SMILES string of the molecule is CCNC(Cc1ccc(Br)cn1)C1CCCO1. The van der Waals surface area contributed by atoms with Crippen LogP contribution < -0.4 is 5.32 Å². The largest absolute Gasteiger partial charge is 0.377 e. The van der Waals surface area contributed by atoms with E-state index >= 15 is 0 Å². The van der Waals surface area contributed by atoms with Crippen molar-refractivity contribution in [2.75, 3.05) is 13.2 Å². The highest BCUT2D eigenvalue weighted by Gasteiger charge is 2.25. The van der Waals surface area contributed by atoms with Crippen LogP contribution in [-0.4, -0.2) is 30.3 Å². The Hall–Kier alpha value is -0.450. The lowest BCUT2D eigenvalue weighted by molar-refractivity contribution is 0.0786. The number of hydrogen-bond donors (Lipinski definition) is 1. The van der Waals surface area contributed by atoms with Crippen LogP contribution in [0.15, 0.2) is 22.8 Å². The fourth-order valence-corrected chi connectivity index (χ4v) is 2.50. The van der Waals surface area contributed by atoms with Crippen molar-refractivity contribution in [3.63, 3.8) is 0 Å². The minimum atomic E-state index is 0.348. The maximum Gasteiger partial charge on any atom is 0.0732 e. The summed E-state index contributed by atoms with van der Waals surface area (Å²) in [7, 11) is 0. The summed E-state index contributed by atoms with van der Waals surface area (Å²) in [6, 6.07) is 4.50. The van der Waals surface area contributed by atoms with Crippen molar-refractivity contribution in [2.45, 2.75) is 38.3 Å². The van der Waals surface area contributed by atoms with Crippen LogP contribution in [0.4, 0.5) is 0 Å². The molecule has 2 heterocycles. The fourth-order valence-electron chi connectivity index (χ4n) is 2.27. The number of ether oxygens (including phenoxy) is 1. The van der Waals surface area contributed by atoms with Gasteiger partial charge in [0.2, 0.25) is 0 Å². The van der Waals surface area contributed by atoms with Crippen LogP contribution in [0, 0.1) is 0 Å². The average molecular weight is 299 g/mol. The first-order valence-electron chi connectivity index (χ1n) is 6.25. The zero-order valence-corrected chi connectivity index (χ0v) is 11.7. The Bertz CT molecular complexity index is 336. The van der Waals surface area contributed by atoms with E-state index in [9.17, 15) is 0 Å². The van der Waals surface area contributed by atoms with Crippen LogP contribution in [0.5, 0.6) is 0 Å². The average Bonchev–Trinajstić information content (AvgIpc) is 2.85. The van der Waals surface area contributed by atoms with E-state index in [1.54, 1.807) is 0 Å². The Morgan fingerprint density at radius 2 is 2.47 bits per heavy atom. The van der Waals surface area contributed by atoms with Crippen molar-refractivity contribution in [2.24, 2.45) is 0 Å². The molecule has 0 amide bonds. The standard InChI is InChI=1S/C13H19BrN2O/c1-2-15-12(13-4-3-7-17-13)8-11-6-5-10(14)9-16-11/h5-6,9,12-13,15H,2-4,7-8H2,1H3. The molecule has 3 nitrogen and oxygen atoms in total. The van der Waals surface area contributed by atoms with E-state index < -0.39 is 0 Å². The molecule has 1 aromatic heterocycles. The van der Waals surface area contributed by atoms with E-state index in [2.05, 4.69) is 39.2 Å². The predicted octanol–water partition coefficient (Wildman–Crippen LogP) is 2.54. The molecule has 2 rings (SSSR count). The van der Waals surface area contributed by atoms with Crippen molar-refractivity contribution < 1.29 is 4.74 Å². The lowest BCUT2D eigenvalue weighted by Gasteiger charge is -2.23. The van der Waals surface area contributed by atoms with Crippen molar-refractivity contribution in [1.82, 2.24) is 10.3 Å². The monoisotopic (exact) mass is 298 g/mol. The molecule has 1 aliphatic rings. The number of pyridine rings is 1. The molecule has 4 heteroatoms. The topological polar surface area (TPSA) is 34.2 Å².